The standard InChI is InChI=1S/C18H13ClF3N7O2/c19-7-1-2-10(18(20,21)22)8(5-7)11-12-13(24)9(6-23)15(25)27-16(12)28-4-3-26-17(28)14(11)29(30)31/h1-2,5,11,26H,3-4H2,(H4,24,25,27). The molecule has 2 aliphatic heterocycles. The van der Waals surface area contributed by atoms with Gasteiger partial charge in [0.1, 0.15) is 29.2 Å². The van der Waals surface area contributed by atoms with Crippen LogP contribution in [0.5, 0.6) is 0 Å². The number of nitriles is 1. The highest BCUT2D eigenvalue weighted by Crippen LogP contribution is 2.51. The summed E-state index contributed by atoms with van der Waals surface area (Å²) in [7, 11) is 0. The number of anilines is 3. The van der Waals surface area contributed by atoms with E-state index in [-0.39, 0.29) is 52.4 Å². The fourth-order valence-corrected chi connectivity index (χ4v) is 4.14. The number of nitro groups is 1. The number of nitrogens with zero attached hydrogens (tertiary/aromatic N) is 4. The first-order valence-electron chi connectivity index (χ1n) is 8.81. The molecule has 2 aromatic rings. The van der Waals surface area contributed by atoms with Crippen LogP contribution < -0.4 is 21.7 Å². The van der Waals surface area contributed by atoms with Gasteiger partial charge < -0.3 is 21.7 Å². The minimum Gasteiger partial charge on any atom is -0.397 e. The molecule has 0 saturated carbocycles. The van der Waals surface area contributed by atoms with Crippen molar-refractivity contribution in [1.82, 2.24) is 10.3 Å². The highest BCUT2D eigenvalue weighted by atomic mass is 35.5. The van der Waals surface area contributed by atoms with Crippen molar-refractivity contribution < 1.29 is 18.1 Å². The average Bonchev–Trinajstić information content (AvgIpc) is 3.15. The summed E-state index contributed by atoms with van der Waals surface area (Å²) < 4.78 is 41.5. The van der Waals surface area contributed by atoms with Gasteiger partial charge in [-0.3, -0.25) is 10.1 Å². The number of halogens is 4. The molecule has 160 valence electrons. The van der Waals surface area contributed by atoms with Crippen molar-refractivity contribution in [1.29, 1.82) is 5.26 Å². The third-order valence-corrected chi connectivity index (χ3v) is 5.41. The van der Waals surface area contributed by atoms with E-state index in [2.05, 4.69) is 10.3 Å². The Morgan fingerprint density at radius 2 is 2.10 bits per heavy atom. The van der Waals surface area contributed by atoms with Crippen LogP contribution in [0.4, 0.5) is 30.5 Å². The van der Waals surface area contributed by atoms with Crippen molar-refractivity contribution in [3.05, 3.63) is 67.1 Å². The predicted octanol–water partition coefficient (Wildman–Crippen LogP) is 2.79. The normalized spacial score (nSPS) is 17.6. The Morgan fingerprint density at radius 3 is 2.71 bits per heavy atom. The minimum absolute atomic E-state index is 0.00777. The summed E-state index contributed by atoms with van der Waals surface area (Å²) in [6.45, 7) is 0.522. The van der Waals surface area contributed by atoms with E-state index in [9.17, 15) is 28.5 Å². The Kier molecular flexibility index (Phi) is 4.58. The monoisotopic (exact) mass is 451 g/mol. The summed E-state index contributed by atoms with van der Waals surface area (Å²) in [5, 5.41) is 24.3. The molecule has 1 aromatic carbocycles. The van der Waals surface area contributed by atoms with Gasteiger partial charge in [-0.25, -0.2) is 4.98 Å². The van der Waals surface area contributed by atoms with Gasteiger partial charge in [0.05, 0.1) is 16.2 Å². The van der Waals surface area contributed by atoms with Crippen LogP contribution in [0.25, 0.3) is 0 Å². The second-order valence-corrected chi connectivity index (χ2v) is 7.30. The predicted molar refractivity (Wildman–Crippen MR) is 105 cm³/mol. The Balaban J connectivity index is 2.16. The van der Waals surface area contributed by atoms with Crippen LogP contribution in [0.2, 0.25) is 5.02 Å². The van der Waals surface area contributed by atoms with Crippen LogP contribution in [-0.4, -0.2) is 23.0 Å². The Bertz CT molecular complexity index is 1210. The summed E-state index contributed by atoms with van der Waals surface area (Å²) in [6, 6.07) is 4.57. The van der Waals surface area contributed by atoms with Crippen molar-refractivity contribution >= 4 is 28.9 Å². The number of hydrogen-bond acceptors (Lipinski definition) is 8. The molecule has 0 radical (unpaired) electrons. The second-order valence-electron chi connectivity index (χ2n) is 6.87. The zero-order valence-electron chi connectivity index (χ0n) is 15.5. The largest absolute Gasteiger partial charge is 0.416 e. The molecule has 1 aromatic heterocycles. The molecule has 1 saturated heterocycles. The number of fused-ring (bicyclic) bond motifs is 3. The van der Waals surface area contributed by atoms with Crippen LogP contribution in [0, 0.1) is 21.4 Å². The van der Waals surface area contributed by atoms with Crippen LogP contribution in [0.15, 0.2) is 29.7 Å². The maximum atomic E-state index is 13.8. The fourth-order valence-electron chi connectivity index (χ4n) is 3.96. The van der Waals surface area contributed by atoms with Gasteiger partial charge in [-0.1, -0.05) is 11.6 Å². The Morgan fingerprint density at radius 1 is 1.39 bits per heavy atom. The molecule has 5 N–H and O–H groups in total. The number of benzene rings is 1. The second kappa shape index (κ2) is 6.92. The van der Waals surface area contributed by atoms with Gasteiger partial charge in [-0.15, -0.1) is 0 Å². The van der Waals surface area contributed by atoms with Gasteiger partial charge in [0, 0.05) is 23.7 Å². The van der Waals surface area contributed by atoms with Gasteiger partial charge >= 0.3 is 6.18 Å². The van der Waals surface area contributed by atoms with Crippen molar-refractivity contribution in [3.8, 4) is 6.07 Å². The van der Waals surface area contributed by atoms with Gasteiger partial charge in [-0.2, -0.15) is 18.4 Å². The number of pyridine rings is 1. The van der Waals surface area contributed by atoms with Crippen LogP contribution in [0.1, 0.15) is 28.2 Å². The summed E-state index contributed by atoms with van der Waals surface area (Å²) >= 11 is 5.98. The lowest BCUT2D eigenvalue weighted by molar-refractivity contribution is -0.430. The van der Waals surface area contributed by atoms with Crippen LogP contribution in [0.3, 0.4) is 0 Å². The summed E-state index contributed by atoms with van der Waals surface area (Å²) in [4.78, 5) is 16.9. The number of nitrogen functional groups attached to an aromatic ring is 2. The number of nitrogens with two attached hydrogens (primary N) is 2. The molecular formula is C18H13ClF3N7O2. The van der Waals surface area contributed by atoms with Gasteiger partial charge in [0.25, 0.3) is 5.70 Å². The SMILES string of the molecule is N#Cc1c(N)nc2c(c1N)C(c1cc(Cl)ccc1C(F)(F)F)C([N+](=O)[O-])=C1NCCN12. The number of allylic oxidation sites excluding steroid dienone is 1. The molecular weight excluding hydrogens is 439 g/mol. The maximum Gasteiger partial charge on any atom is 0.416 e. The lowest BCUT2D eigenvalue weighted by atomic mass is 9.82. The molecule has 0 aliphatic carbocycles. The van der Waals surface area contributed by atoms with Crippen molar-refractivity contribution in [2.45, 2.75) is 12.1 Å². The Hall–Kier alpha value is -3.72. The molecule has 0 bridgehead atoms. The smallest absolute Gasteiger partial charge is 0.397 e. The molecule has 2 aliphatic rings. The van der Waals surface area contributed by atoms with Gasteiger partial charge in [0.15, 0.2) is 5.82 Å². The third kappa shape index (κ3) is 3.05. The maximum absolute atomic E-state index is 13.8. The minimum atomic E-state index is -4.83. The first-order valence-corrected chi connectivity index (χ1v) is 9.19. The van der Waals surface area contributed by atoms with Crippen molar-refractivity contribution in [2.75, 3.05) is 29.5 Å². The van der Waals surface area contributed by atoms with E-state index in [1.807, 2.05) is 0 Å². The summed E-state index contributed by atoms with van der Waals surface area (Å²) in [5.74, 6) is -1.78. The molecule has 0 spiro atoms. The molecule has 0 amide bonds. The van der Waals surface area contributed by atoms with E-state index in [1.54, 1.807) is 6.07 Å². The number of nitrogens with one attached hydrogen (secondary N) is 1. The number of alkyl halides is 3. The molecule has 31 heavy (non-hydrogen) atoms. The molecule has 1 fully saturated rings. The van der Waals surface area contributed by atoms with E-state index >= 15 is 0 Å². The lowest BCUT2D eigenvalue weighted by Gasteiger charge is -2.32. The first kappa shape index (κ1) is 20.5. The summed E-state index contributed by atoms with van der Waals surface area (Å²) in [6.07, 6.45) is -4.83. The quantitative estimate of drug-likeness (QED) is 0.466. The van der Waals surface area contributed by atoms with E-state index in [4.69, 9.17) is 23.1 Å². The average molecular weight is 452 g/mol. The van der Waals surface area contributed by atoms with E-state index in [0.717, 1.165) is 18.2 Å². The van der Waals surface area contributed by atoms with E-state index < -0.39 is 33.8 Å². The van der Waals surface area contributed by atoms with Gasteiger partial charge in [-0.05, 0) is 23.8 Å². The van der Waals surface area contributed by atoms with E-state index in [0.29, 0.717) is 0 Å². The van der Waals surface area contributed by atoms with Crippen molar-refractivity contribution in [3.63, 3.8) is 0 Å². The Labute approximate surface area is 177 Å². The molecule has 9 nitrogen and oxygen atoms in total. The number of aromatic nitrogens is 1. The van der Waals surface area contributed by atoms with Gasteiger partial charge in [0.2, 0.25) is 0 Å². The van der Waals surface area contributed by atoms with E-state index in [1.165, 1.54) is 4.90 Å². The number of hydrogen-bond donors (Lipinski definition) is 3. The van der Waals surface area contributed by atoms with Crippen LogP contribution in [-0.2, 0) is 6.18 Å². The fraction of sp³-hybridized carbons (Fsp3) is 0.222. The third-order valence-electron chi connectivity index (χ3n) is 5.18. The molecule has 4 rings (SSSR count). The molecule has 1 unspecified atom stereocenters. The summed E-state index contributed by atoms with van der Waals surface area (Å²) in [5.41, 5.74) is 9.18. The number of rotatable bonds is 2. The lowest BCUT2D eigenvalue weighted by Crippen LogP contribution is -2.34. The first-order chi connectivity index (χ1) is 14.6. The molecule has 1 atom stereocenters. The molecule has 3 heterocycles. The van der Waals surface area contributed by atoms with Crippen LogP contribution >= 0.6 is 11.6 Å². The highest BCUT2D eigenvalue weighted by Gasteiger charge is 2.48. The zero-order valence-corrected chi connectivity index (χ0v) is 16.3. The van der Waals surface area contributed by atoms with Crippen molar-refractivity contribution in [2.24, 2.45) is 0 Å². The topological polar surface area (TPSA) is 147 Å². The molecule has 13 heteroatoms. The zero-order chi connectivity index (χ0) is 22.7. The highest BCUT2D eigenvalue weighted by molar-refractivity contribution is 6.30.